The molecule has 52 heavy (non-hydrogen) atoms. The molecule has 0 aromatic heterocycles. The SMILES string of the molecule is CN(C)CC(O)COCCC[Si](C)(C)O[Si](C)(C)CCCOCC(O)C[N+](C)(C)CC(O)COCCC[Si](C)(C)O[Si](C)(C)CCCOCC1CO1. The highest BCUT2D eigenvalue weighted by molar-refractivity contribution is 6.85. The van der Waals surface area contributed by atoms with Crippen molar-refractivity contribution in [2.24, 2.45) is 0 Å². The molecular weight excluding hydrogens is 733 g/mol. The lowest BCUT2D eigenvalue weighted by molar-refractivity contribution is -0.896. The predicted molar refractivity (Wildman–Crippen MR) is 221 cm³/mol. The summed E-state index contributed by atoms with van der Waals surface area (Å²) >= 11 is 0. The maximum atomic E-state index is 10.7. The molecule has 4 atom stereocenters. The van der Waals surface area contributed by atoms with E-state index < -0.39 is 51.6 Å². The van der Waals surface area contributed by atoms with Gasteiger partial charge in [-0.2, -0.15) is 0 Å². The molecule has 1 heterocycles. The van der Waals surface area contributed by atoms with E-state index in [1.165, 1.54) is 0 Å². The molecule has 12 nitrogen and oxygen atoms in total. The Hall–Kier alpha value is 0.388. The average Bonchev–Trinajstić information content (AvgIpc) is 3.78. The Morgan fingerprint density at radius 1 is 0.596 bits per heavy atom. The van der Waals surface area contributed by atoms with Crippen molar-refractivity contribution in [2.75, 3.05) is 107 Å². The molecule has 0 spiro atoms. The van der Waals surface area contributed by atoms with Gasteiger partial charge in [0.05, 0.1) is 53.2 Å². The van der Waals surface area contributed by atoms with Crippen molar-refractivity contribution in [1.29, 1.82) is 0 Å². The molecule has 1 saturated heterocycles. The van der Waals surface area contributed by atoms with Crippen molar-refractivity contribution in [2.45, 2.75) is 127 Å². The van der Waals surface area contributed by atoms with E-state index in [9.17, 15) is 15.3 Å². The summed E-state index contributed by atoms with van der Waals surface area (Å²) in [6, 6.07) is 4.19. The van der Waals surface area contributed by atoms with E-state index in [0.717, 1.165) is 63.1 Å². The first-order valence-electron chi connectivity index (χ1n) is 19.8. The predicted octanol–water partition coefficient (Wildman–Crippen LogP) is 4.59. The van der Waals surface area contributed by atoms with Crippen LogP contribution in [0.4, 0.5) is 0 Å². The first-order chi connectivity index (χ1) is 24.0. The van der Waals surface area contributed by atoms with Crippen LogP contribution in [-0.4, -0.2) is 190 Å². The zero-order valence-electron chi connectivity index (χ0n) is 35.5. The summed E-state index contributed by atoms with van der Waals surface area (Å²) in [5.41, 5.74) is 0. The summed E-state index contributed by atoms with van der Waals surface area (Å²) in [6.45, 7) is 25.1. The summed E-state index contributed by atoms with van der Waals surface area (Å²) in [7, 11) is 0.742. The van der Waals surface area contributed by atoms with Gasteiger partial charge in [-0.3, -0.25) is 0 Å². The third kappa shape index (κ3) is 28.7. The van der Waals surface area contributed by atoms with E-state index in [1.807, 2.05) is 33.1 Å². The van der Waals surface area contributed by atoms with Crippen LogP contribution in [0.1, 0.15) is 25.7 Å². The van der Waals surface area contributed by atoms with E-state index in [1.54, 1.807) is 0 Å². The van der Waals surface area contributed by atoms with Crippen LogP contribution in [0, 0.1) is 0 Å². The normalized spacial score (nSPS) is 17.9. The minimum atomic E-state index is -1.84. The largest absolute Gasteiger partial charge is 0.455 e. The first kappa shape index (κ1) is 50.4. The second-order valence-electron chi connectivity index (χ2n) is 18.4. The maximum Gasteiger partial charge on any atom is 0.173 e. The third-order valence-corrected chi connectivity index (χ3v) is 24.1. The summed E-state index contributed by atoms with van der Waals surface area (Å²) in [6.07, 6.45) is 2.50. The Balaban J connectivity index is 2.18. The van der Waals surface area contributed by atoms with Crippen molar-refractivity contribution in [3.63, 3.8) is 0 Å². The number of epoxide rings is 1. The van der Waals surface area contributed by atoms with Crippen molar-refractivity contribution in [1.82, 2.24) is 4.90 Å². The lowest BCUT2D eigenvalue weighted by Crippen LogP contribution is -2.51. The fourth-order valence-corrected chi connectivity index (χ4v) is 24.5. The lowest BCUT2D eigenvalue weighted by Gasteiger charge is -2.34. The Kier molecular flexibility index (Phi) is 24.1. The van der Waals surface area contributed by atoms with Crippen LogP contribution in [0.2, 0.25) is 76.6 Å². The fraction of sp³-hybridized carbons (Fsp3) is 1.00. The summed E-state index contributed by atoms with van der Waals surface area (Å²) in [5, 5.41) is 31.3. The molecule has 312 valence electrons. The molecular formula is C36H83N2O10Si4+. The standard InChI is InChI=1S/C36H83N2O10Si4/c1-37(2)25-33(39)28-42-17-13-21-49(5,6)47-50(7,8)22-14-18-43-29-34(40)26-38(3,4)27-35(41)30-44-19-15-23-51(9,10)48-52(11,12)24-16-20-45-31-36-32-46-36/h33-36,39-41H,13-32H2,1-12H3/q+1. The third-order valence-electron chi connectivity index (χ3n) is 9.00. The smallest absolute Gasteiger partial charge is 0.173 e. The quantitative estimate of drug-likeness (QED) is 0.0365. The molecule has 1 aliphatic heterocycles. The van der Waals surface area contributed by atoms with Crippen LogP contribution in [0.25, 0.3) is 0 Å². The minimum absolute atomic E-state index is 0.283. The molecule has 0 radical (unpaired) electrons. The molecule has 0 amide bonds. The van der Waals surface area contributed by atoms with Gasteiger partial charge in [0.2, 0.25) is 0 Å². The van der Waals surface area contributed by atoms with Crippen LogP contribution >= 0.6 is 0 Å². The van der Waals surface area contributed by atoms with E-state index >= 15 is 0 Å². The molecule has 0 saturated carbocycles. The number of hydrogen-bond acceptors (Lipinski definition) is 11. The molecule has 1 rings (SSSR count). The van der Waals surface area contributed by atoms with Gasteiger partial charge in [-0.1, -0.05) is 0 Å². The highest BCUT2D eigenvalue weighted by Gasteiger charge is 2.34. The van der Waals surface area contributed by atoms with Gasteiger partial charge >= 0.3 is 0 Å². The molecule has 1 aliphatic rings. The molecule has 4 unspecified atom stereocenters. The summed E-state index contributed by atoms with van der Waals surface area (Å²) < 4.78 is 42.3. The fourth-order valence-electron chi connectivity index (χ4n) is 6.93. The monoisotopic (exact) mass is 816 g/mol. The van der Waals surface area contributed by atoms with E-state index in [4.69, 9.17) is 31.9 Å². The average molecular weight is 816 g/mol. The van der Waals surface area contributed by atoms with Crippen LogP contribution in [-0.2, 0) is 31.9 Å². The Bertz CT molecular complexity index is 930. The molecule has 0 bridgehead atoms. The number of quaternary nitrogens is 1. The molecule has 3 N–H and O–H groups in total. The number of rotatable bonds is 34. The molecule has 0 aromatic rings. The number of nitrogens with zero attached hydrogens (tertiary/aromatic N) is 2. The van der Waals surface area contributed by atoms with E-state index in [2.05, 4.69) is 52.4 Å². The van der Waals surface area contributed by atoms with Crippen molar-refractivity contribution >= 4 is 33.3 Å². The van der Waals surface area contributed by atoms with Gasteiger partial charge in [-0.15, -0.1) is 0 Å². The van der Waals surface area contributed by atoms with Crippen LogP contribution in [0.3, 0.4) is 0 Å². The number of aliphatic hydroxyl groups excluding tert-OH is 3. The van der Waals surface area contributed by atoms with Crippen LogP contribution < -0.4 is 0 Å². The zero-order valence-corrected chi connectivity index (χ0v) is 39.5. The summed E-state index contributed by atoms with van der Waals surface area (Å²) in [5.74, 6) is 0. The van der Waals surface area contributed by atoms with Gasteiger partial charge in [0.15, 0.2) is 33.3 Å². The van der Waals surface area contributed by atoms with Gasteiger partial charge in [-0.05, 0) is 116 Å². The van der Waals surface area contributed by atoms with Gasteiger partial charge in [0.25, 0.3) is 0 Å². The second kappa shape index (κ2) is 24.9. The van der Waals surface area contributed by atoms with Gasteiger partial charge in [0, 0.05) is 33.0 Å². The minimum Gasteiger partial charge on any atom is -0.455 e. The Morgan fingerprint density at radius 3 is 1.25 bits per heavy atom. The van der Waals surface area contributed by atoms with E-state index in [0.29, 0.717) is 69.9 Å². The van der Waals surface area contributed by atoms with Crippen molar-refractivity contribution in [3.05, 3.63) is 0 Å². The van der Waals surface area contributed by atoms with Crippen molar-refractivity contribution in [3.8, 4) is 0 Å². The Labute approximate surface area is 322 Å². The lowest BCUT2D eigenvalue weighted by atomic mass is 10.2. The maximum absolute atomic E-state index is 10.7. The molecule has 1 fully saturated rings. The number of hydrogen-bond donors (Lipinski definition) is 3. The Morgan fingerprint density at radius 2 is 0.923 bits per heavy atom. The first-order valence-corrected chi connectivity index (χ1v) is 32.3. The number of ether oxygens (including phenoxy) is 5. The summed E-state index contributed by atoms with van der Waals surface area (Å²) in [4.78, 5) is 1.96. The number of likely N-dealkylation sites (N-methyl/N-ethyl adjacent to an activating group) is 2. The molecule has 0 aromatic carbocycles. The van der Waals surface area contributed by atoms with Crippen molar-refractivity contribution < 1.29 is 51.7 Å². The van der Waals surface area contributed by atoms with E-state index in [-0.39, 0.29) is 6.61 Å². The molecule has 16 heteroatoms. The van der Waals surface area contributed by atoms with Gasteiger partial charge in [-0.25, -0.2) is 0 Å². The topological polar surface area (TPSA) is 132 Å². The second-order valence-corrected chi connectivity index (χ2v) is 36.1. The van der Waals surface area contributed by atoms with Gasteiger partial charge in [0.1, 0.15) is 31.4 Å². The van der Waals surface area contributed by atoms with Crippen LogP contribution in [0.15, 0.2) is 0 Å². The highest BCUT2D eigenvalue weighted by atomic mass is 28.4. The molecule has 0 aliphatic carbocycles. The zero-order chi connectivity index (χ0) is 39.5. The van der Waals surface area contributed by atoms with Gasteiger partial charge < -0.3 is 56.6 Å². The number of aliphatic hydroxyl groups is 3. The van der Waals surface area contributed by atoms with Crippen LogP contribution in [0.5, 0.6) is 0 Å². The highest BCUT2D eigenvalue weighted by Crippen LogP contribution is 2.25.